The van der Waals surface area contributed by atoms with E-state index in [4.69, 9.17) is 5.26 Å². The zero-order valence-electron chi connectivity index (χ0n) is 7.84. The summed E-state index contributed by atoms with van der Waals surface area (Å²) < 4.78 is 0. The van der Waals surface area contributed by atoms with Crippen LogP contribution in [0.4, 0.5) is 0 Å². The van der Waals surface area contributed by atoms with Crippen molar-refractivity contribution < 1.29 is 0 Å². The Morgan fingerprint density at radius 2 is 1.83 bits per heavy atom. The number of fused-ring (bicyclic) bond motifs is 2. The first-order valence-corrected chi connectivity index (χ1v) is 4.62. The van der Waals surface area contributed by atoms with Gasteiger partial charge >= 0.3 is 0 Å². The quantitative estimate of drug-likeness (QED) is 0.509. The predicted molar refractivity (Wildman–Crippen MR) is 51.3 cm³/mol. The Labute approximate surface area is 97.4 Å². The Kier molecular flexibility index (Phi) is 3.70. The summed E-state index contributed by atoms with van der Waals surface area (Å²) in [5, 5.41) is 9.01. The Bertz CT molecular complexity index is 189. The second-order valence-electron chi connectivity index (χ2n) is 3.98. The molecule has 2 fully saturated rings. The van der Waals surface area contributed by atoms with Gasteiger partial charge in [-0.15, -0.1) is 0 Å². The van der Waals surface area contributed by atoms with Gasteiger partial charge in [0.25, 0.3) is 0 Å². The molecule has 12 heavy (non-hydrogen) atoms. The maximum Gasteiger partial charge on any atom is 0.141 e. The Hall–Kier alpha value is 0.555. The van der Waals surface area contributed by atoms with Crippen LogP contribution in [0.5, 0.6) is 0 Å². The normalized spacial score (nSPS) is 38.8. The third-order valence-electron chi connectivity index (χ3n) is 3.17. The minimum absolute atomic E-state index is 0. The number of nitrogens with zero attached hydrogens (tertiary/aromatic N) is 1. The van der Waals surface area contributed by atoms with Crippen molar-refractivity contribution in [2.24, 2.45) is 0 Å². The summed E-state index contributed by atoms with van der Waals surface area (Å²) in [5.41, 5.74) is 0. The number of hydrogen-bond donors (Lipinski definition) is 0. The van der Waals surface area contributed by atoms with Crippen LogP contribution in [0.1, 0.15) is 38.5 Å². The van der Waals surface area contributed by atoms with Gasteiger partial charge in [-0.3, -0.25) is 0 Å². The molecule has 2 radical (unpaired) electrons. The van der Waals surface area contributed by atoms with Gasteiger partial charge in [0.2, 0.25) is 0 Å². The molecule has 2 aliphatic heterocycles. The Morgan fingerprint density at radius 3 is 2.25 bits per heavy atom. The summed E-state index contributed by atoms with van der Waals surface area (Å²) in [5.74, 6) is 0.775. The minimum atomic E-state index is 0. The van der Waals surface area contributed by atoms with E-state index in [0.29, 0.717) is 0 Å². The minimum Gasteiger partial charge on any atom is -0.199 e. The van der Waals surface area contributed by atoms with E-state index in [9.17, 15) is 0 Å². The number of rotatable bonds is 0. The van der Waals surface area contributed by atoms with Crippen molar-refractivity contribution >= 4 is 36.8 Å². The van der Waals surface area contributed by atoms with Crippen LogP contribution in [0.15, 0.2) is 0 Å². The summed E-state index contributed by atoms with van der Waals surface area (Å²) in [6.45, 7) is 0. The molecule has 0 unspecified atom stereocenters. The van der Waals surface area contributed by atoms with E-state index in [1.165, 1.54) is 25.7 Å². The predicted octanol–water partition coefficient (Wildman–Crippen LogP) is 2.15. The molecular weight excluding hydrogens is 156 g/mol. The van der Waals surface area contributed by atoms with Gasteiger partial charge in [0.15, 0.2) is 0 Å². The van der Waals surface area contributed by atoms with E-state index in [-0.39, 0.29) is 34.9 Å². The summed E-state index contributed by atoms with van der Waals surface area (Å²) in [7, 11) is 2.33. The molecule has 2 rings (SSSR count). The Morgan fingerprint density at radius 1 is 1.25 bits per heavy atom. The van der Waals surface area contributed by atoms with Gasteiger partial charge in [-0.05, 0) is 12.8 Å². The van der Waals surface area contributed by atoms with Crippen molar-refractivity contribution in [3.05, 3.63) is 0 Å². The molecule has 0 aromatic rings. The molecule has 0 N–H and O–H groups in total. The topological polar surface area (TPSA) is 23.8 Å². The van der Waals surface area contributed by atoms with Crippen molar-refractivity contribution in [2.75, 3.05) is 0 Å². The van der Waals surface area contributed by atoms with E-state index in [2.05, 4.69) is 13.3 Å². The van der Waals surface area contributed by atoms with E-state index in [1.54, 1.807) is 0 Å². The molecule has 58 valence electrons. The van der Waals surface area contributed by atoms with Gasteiger partial charge < -0.3 is 0 Å². The molecule has 0 spiro atoms. The monoisotopic (exact) mass is 169 g/mol. The molecule has 0 aromatic heterocycles. The van der Waals surface area contributed by atoms with Crippen LogP contribution in [0.25, 0.3) is 0 Å². The van der Waals surface area contributed by atoms with Gasteiger partial charge in [0.05, 0.1) is 6.07 Å². The fourth-order valence-electron chi connectivity index (χ4n) is 2.56. The smallest absolute Gasteiger partial charge is 0.141 e. The zero-order valence-corrected chi connectivity index (χ0v) is 9.84. The molecule has 2 heterocycles. The van der Waals surface area contributed by atoms with Crippen LogP contribution >= 0.6 is 0 Å². The first-order valence-electron chi connectivity index (χ1n) is 4.62. The average molecular weight is 169 g/mol. The van der Waals surface area contributed by atoms with Crippen molar-refractivity contribution in [1.29, 1.82) is 5.26 Å². The van der Waals surface area contributed by atoms with Crippen LogP contribution in [0.3, 0.4) is 0 Å². The maximum absolute atomic E-state index is 9.01. The van der Waals surface area contributed by atoms with Gasteiger partial charge in [0.1, 0.15) is 7.28 Å². The van der Waals surface area contributed by atoms with Gasteiger partial charge in [-0.2, -0.15) is 5.26 Å². The number of hydrogen-bond acceptors (Lipinski definition) is 1. The van der Waals surface area contributed by atoms with Gasteiger partial charge in [-0.25, -0.2) is 0 Å². The summed E-state index contributed by atoms with van der Waals surface area (Å²) in [6.07, 6.45) is 7.47. The number of nitriles is 1. The van der Waals surface area contributed by atoms with E-state index < -0.39 is 0 Å². The van der Waals surface area contributed by atoms with Crippen LogP contribution in [0.2, 0.25) is 11.1 Å². The second-order valence-corrected chi connectivity index (χ2v) is 3.98. The first kappa shape index (κ1) is 10.6. The third-order valence-corrected chi connectivity index (χ3v) is 3.17. The largest absolute Gasteiger partial charge is 0.199 e. The Balaban J connectivity index is 0.000000720. The molecule has 0 aliphatic carbocycles. The van der Waals surface area contributed by atoms with Crippen LogP contribution in [0, 0.1) is 11.3 Å². The van der Waals surface area contributed by atoms with Crippen molar-refractivity contribution in [2.45, 2.75) is 49.7 Å². The van der Waals surface area contributed by atoms with Gasteiger partial charge in [-0.1, -0.05) is 31.5 Å². The molecule has 0 atom stereocenters. The van der Waals surface area contributed by atoms with Crippen molar-refractivity contribution in [3.63, 3.8) is 0 Å². The van der Waals surface area contributed by atoms with Crippen molar-refractivity contribution in [1.82, 2.24) is 0 Å². The molecule has 0 saturated carbocycles. The van der Waals surface area contributed by atoms with Gasteiger partial charge in [0, 0.05) is 34.9 Å². The molecule has 0 amide bonds. The van der Waals surface area contributed by atoms with Crippen molar-refractivity contribution in [3.8, 4) is 6.07 Å². The third kappa shape index (κ3) is 1.89. The summed E-state index contributed by atoms with van der Waals surface area (Å²) >= 11 is 0. The van der Waals surface area contributed by atoms with E-state index in [1.807, 2.05) is 0 Å². The second kappa shape index (κ2) is 4.18. The summed E-state index contributed by atoms with van der Waals surface area (Å²) in [4.78, 5) is 0. The maximum atomic E-state index is 9.01. The summed E-state index contributed by atoms with van der Waals surface area (Å²) in [6, 6.07) is 2.49. The average Bonchev–Trinajstić information content (AvgIpc) is 2.05. The zero-order chi connectivity index (χ0) is 7.73. The standard InChI is InChI=1S/C9H13BN.Na/c11-7-9-5-1-3-8(10-9)4-2-6-9;/h8H,1-6H2;. The van der Waals surface area contributed by atoms with Crippen LogP contribution < -0.4 is 0 Å². The molecule has 2 saturated heterocycles. The molecule has 1 nitrogen and oxygen atoms in total. The first-order chi connectivity index (χ1) is 5.35. The van der Waals surface area contributed by atoms with E-state index in [0.717, 1.165) is 18.7 Å². The molecule has 2 aliphatic rings. The SMILES string of the molecule is N#CC12[B]C(CCC1)CCC2.[Na]. The molecular formula is C9H13BNNa. The molecule has 2 bridgehead atoms. The molecule has 3 heteroatoms. The van der Waals surface area contributed by atoms with Crippen LogP contribution in [-0.2, 0) is 0 Å². The molecule has 0 aromatic carbocycles. The fraction of sp³-hybridized carbons (Fsp3) is 0.889. The van der Waals surface area contributed by atoms with E-state index >= 15 is 0 Å². The fourth-order valence-corrected chi connectivity index (χ4v) is 2.56. The van der Waals surface area contributed by atoms with Crippen LogP contribution in [-0.4, -0.2) is 36.8 Å².